The summed E-state index contributed by atoms with van der Waals surface area (Å²) >= 11 is 2.20. The van der Waals surface area contributed by atoms with Crippen LogP contribution in [-0.2, 0) is 13.9 Å². The van der Waals surface area contributed by atoms with E-state index in [1.807, 2.05) is 26.0 Å². The van der Waals surface area contributed by atoms with Gasteiger partial charge in [0.1, 0.15) is 11.9 Å². The van der Waals surface area contributed by atoms with Crippen LogP contribution in [0.5, 0.6) is 0 Å². The third-order valence-electron chi connectivity index (χ3n) is 6.21. The highest BCUT2D eigenvalue weighted by molar-refractivity contribution is 14.1. The van der Waals surface area contributed by atoms with Gasteiger partial charge in [0, 0.05) is 16.1 Å². The summed E-state index contributed by atoms with van der Waals surface area (Å²) < 4.78 is 19.0. The summed E-state index contributed by atoms with van der Waals surface area (Å²) in [6, 6.07) is 21.2. The van der Waals surface area contributed by atoms with E-state index in [1.165, 1.54) is 10.4 Å². The Kier molecular flexibility index (Phi) is 7.88. The van der Waals surface area contributed by atoms with Crippen molar-refractivity contribution in [2.24, 2.45) is 11.8 Å². The van der Waals surface area contributed by atoms with Gasteiger partial charge in [0.25, 0.3) is 8.32 Å². The zero-order valence-corrected chi connectivity index (χ0v) is 22.9. The molecule has 3 rings (SSSR count). The van der Waals surface area contributed by atoms with Crippen molar-refractivity contribution in [1.29, 1.82) is 0 Å². The van der Waals surface area contributed by atoms with E-state index in [4.69, 9.17) is 13.9 Å². The number of rotatable bonds is 6. The number of carbonyl (C=O) groups excluding carboxylic acids is 1. The molecule has 0 amide bonds. The van der Waals surface area contributed by atoms with Crippen LogP contribution in [0.15, 0.2) is 70.0 Å². The summed E-state index contributed by atoms with van der Waals surface area (Å²) in [5.74, 6) is 0.678. The molecular weight excluding hydrogens is 531 g/mol. The number of cyclic esters (lactones) is 2. The quantitative estimate of drug-likeness (QED) is 0.244. The number of hydrogen-bond acceptors (Lipinski definition) is 4. The van der Waals surface area contributed by atoms with Gasteiger partial charge in [-0.1, -0.05) is 95.3 Å². The topological polar surface area (TPSA) is 44.8 Å². The summed E-state index contributed by atoms with van der Waals surface area (Å²) in [5.41, 5.74) is 0. The molecule has 1 saturated heterocycles. The second-order valence-corrected chi connectivity index (χ2v) is 15.5. The zero-order chi connectivity index (χ0) is 23.5. The van der Waals surface area contributed by atoms with Gasteiger partial charge in [0.15, 0.2) is 0 Å². The molecule has 0 saturated carbocycles. The molecule has 1 fully saturated rings. The summed E-state index contributed by atoms with van der Waals surface area (Å²) in [6.07, 6.45) is -0.925. The van der Waals surface area contributed by atoms with E-state index in [0.29, 0.717) is 12.4 Å². The average molecular weight is 565 g/mol. The van der Waals surface area contributed by atoms with Crippen molar-refractivity contribution < 1.29 is 18.7 Å². The molecule has 1 aliphatic heterocycles. The van der Waals surface area contributed by atoms with Crippen molar-refractivity contribution >= 4 is 47.4 Å². The third-order valence-corrected chi connectivity index (χ3v) is 11.7. The molecule has 0 spiro atoms. The number of benzene rings is 2. The molecule has 6 heteroatoms. The van der Waals surface area contributed by atoms with Crippen LogP contribution >= 0.6 is 22.6 Å². The molecule has 0 unspecified atom stereocenters. The molecule has 1 heterocycles. The molecule has 2 aromatic rings. The Morgan fingerprint density at radius 3 is 2.00 bits per heavy atom. The standard InChI is InChI=1S/C26H33IO4Si/c1-18(23-19(2)24(20(3)27)31-25(28)30-23)17-29-32(26(4,5)6,21-13-9-7-10-14-21)22-15-11-8-12-16-22/h7-16,18-19,23H,17H2,1-6H3/b24-20+/t18-,19+,23+/m0/s1. The summed E-state index contributed by atoms with van der Waals surface area (Å²) in [6.45, 7) is 13.4. The minimum Gasteiger partial charge on any atom is -0.430 e. The number of halogens is 1. The summed E-state index contributed by atoms with van der Waals surface area (Å²) in [4.78, 5) is 12.1. The van der Waals surface area contributed by atoms with Crippen LogP contribution in [0.2, 0.25) is 5.04 Å². The first-order valence-electron chi connectivity index (χ1n) is 11.1. The highest BCUT2D eigenvalue weighted by Gasteiger charge is 2.51. The molecule has 0 aromatic heterocycles. The van der Waals surface area contributed by atoms with Gasteiger partial charge in [-0.15, -0.1) is 0 Å². The van der Waals surface area contributed by atoms with Crippen LogP contribution in [0.25, 0.3) is 0 Å². The van der Waals surface area contributed by atoms with Gasteiger partial charge in [-0.25, -0.2) is 4.79 Å². The second-order valence-electron chi connectivity index (χ2n) is 9.57. The largest absolute Gasteiger partial charge is 0.513 e. The maximum absolute atomic E-state index is 12.1. The fourth-order valence-corrected chi connectivity index (χ4v) is 9.94. The Morgan fingerprint density at radius 1 is 1.06 bits per heavy atom. The fourth-order valence-electron chi connectivity index (χ4n) is 4.68. The zero-order valence-electron chi connectivity index (χ0n) is 19.7. The van der Waals surface area contributed by atoms with E-state index in [1.54, 1.807) is 0 Å². The van der Waals surface area contributed by atoms with Gasteiger partial charge in [-0.05, 0) is 44.9 Å². The van der Waals surface area contributed by atoms with Crippen molar-refractivity contribution in [2.75, 3.05) is 6.61 Å². The molecule has 0 radical (unpaired) electrons. The third kappa shape index (κ3) is 4.97. The smallest absolute Gasteiger partial charge is 0.430 e. The number of hydrogen-bond donors (Lipinski definition) is 0. The lowest BCUT2D eigenvalue weighted by molar-refractivity contribution is -0.0512. The van der Waals surface area contributed by atoms with Gasteiger partial charge in [-0.3, -0.25) is 0 Å². The van der Waals surface area contributed by atoms with Gasteiger partial charge in [-0.2, -0.15) is 0 Å². The molecule has 0 aliphatic carbocycles. The lowest BCUT2D eigenvalue weighted by Gasteiger charge is -2.44. The first-order chi connectivity index (χ1) is 15.1. The van der Waals surface area contributed by atoms with E-state index in [2.05, 4.69) is 98.8 Å². The normalized spacial score (nSPS) is 22.0. The van der Waals surface area contributed by atoms with E-state index in [9.17, 15) is 4.79 Å². The average Bonchev–Trinajstić information content (AvgIpc) is 2.75. The first kappa shape index (κ1) is 25.0. The van der Waals surface area contributed by atoms with Crippen molar-refractivity contribution in [2.45, 2.75) is 52.7 Å². The molecule has 32 heavy (non-hydrogen) atoms. The lowest BCUT2D eigenvalue weighted by Crippen LogP contribution is -2.67. The Labute approximate surface area is 206 Å². The van der Waals surface area contributed by atoms with E-state index in [-0.39, 0.29) is 23.0 Å². The van der Waals surface area contributed by atoms with E-state index in [0.717, 1.165) is 3.58 Å². The van der Waals surface area contributed by atoms with Gasteiger partial charge >= 0.3 is 6.16 Å². The Morgan fingerprint density at radius 2 is 1.56 bits per heavy atom. The minimum atomic E-state index is -2.64. The van der Waals surface area contributed by atoms with Gasteiger partial charge < -0.3 is 13.9 Å². The number of ether oxygens (including phenoxy) is 2. The molecule has 0 bridgehead atoms. The predicted octanol–water partition coefficient (Wildman–Crippen LogP) is 6.04. The van der Waals surface area contributed by atoms with Crippen LogP contribution in [-0.4, -0.2) is 27.2 Å². The number of carbonyl (C=O) groups is 1. The Bertz CT molecular complexity index is 909. The van der Waals surface area contributed by atoms with Crippen LogP contribution in [0.3, 0.4) is 0 Å². The summed E-state index contributed by atoms with van der Waals surface area (Å²) in [5, 5.41) is 2.38. The maximum Gasteiger partial charge on any atom is 0.513 e. The van der Waals surface area contributed by atoms with E-state index < -0.39 is 14.5 Å². The lowest BCUT2D eigenvalue weighted by atomic mass is 9.91. The monoisotopic (exact) mass is 564 g/mol. The highest BCUT2D eigenvalue weighted by Crippen LogP contribution is 2.38. The Balaban J connectivity index is 1.98. The molecule has 3 atom stereocenters. The van der Waals surface area contributed by atoms with Crippen LogP contribution < -0.4 is 10.4 Å². The molecule has 0 N–H and O–H groups in total. The molecule has 2 aromatic carbocycles. The molecule has 1 aliphatic rings. The van der Waals surface area contributed by atoms with Crippen LogP contribution in [0, 0.1) is 11.8 Å². The van der Waals surface area contributed by atoms with Crippen molar-refractivity contribution in [3.63, 3.8) is 0 Å². The molecule has 4 nitrogen and oxygen atoms in total. The fraction of sp³-hybridized carbons (Fsp3) is 0.423. The highest BCUT2D eigenvalue weighted by atomic mass is 127. The second kappa shape index (κ2) is 10.1. The predicted molar refractivity (Wildman–Crippen MR) is 140 cm³/mol. The number of allylic oxidation sites excluding steroid dienone is 1. The first-order valence-corrected chi connectivity index (χ1v) is 14.1. The van der Waals surface area contributed by atoms with Gasteiger partial charge in [0.05, 0.1) is 5.92 Å². The van der Waals surface area contributed by atoms with Crippen molar-refractivity contribution in [3.05, 3.63) is 70.0 Å². The van der Waals surface area contributed by atoms with Crippen LogP contribution in [0.1, 0.15) is 41.5 Å². The van der Waals surface area contributed by atoms with Crippen molar-refractivity contribution in [3.8, 4) is 0 Å². The molecular formula is C26H33IO4Si. The maximum atomic E-state index is 12.1. The van der Waals surface area contributed by atoms with Gasteiger partial charge in [0.2, 0.25) is 0 Å². The molecule has 172 valence electrons. The van der Waals surface area contributed by atoms with Crippen LogP contribution in [0.4, 0.5) is 4.79 Å². The summed E-state index contributed by atoms with van der Waals surface area (Å²) in [7, 11) is -2.64. The van der Waals surface area contributed by atoms with E-state index >= 15 is 0 Å². The minimum absolute atomic E-state index is 0.00486. The Hall–Kier alpha value is -1.64. The SMILES string of the molecule is C/C(I)=C1\OC(=O)O[C@H]([C@@H](C)CO[Si](c2ccccc2)(c2ccccc2)C(C)(C)C)[C@H]1C. The van der Waals surface area contributed by atoms with Crippen molar-refractivity contribution in [1.82, 2.24) is 0 Å².